The Balaban J connectivity index is 1.84. The number of aromatic nitrogens is 1. The summed E-state index contributed by atoms with van der Waals surface area (Å²) < 4.78 is 37.6. The summed E-state index contributed by atoms with van der Waals surface area (Å²) in [6.45, 7) is -0.0504. The molecular weight excluding hydrogens is 386 g/mol. The second-order valence-corrected chi connectivity index (χ2v) is 7.78. The first-order chi connectivity index (χ1) is 13.5. The van der Waals surface area contributed by atoms with Gasteiger partial charge in [0.15, 0.2) is 0 Å². The molecule has 1 atom stereocenters. The Kier molecular flexibility index (Phi) is 5.90. The van der Waals surface area contributed by atoms with Gasteiger partial charge in [0, 0.05) is 18.8 Å². The van der Waals surface area contributed by atoms with Crippen LogP contribution in [-0.2, 0) is 24.4 Å². The van der Waals surface area contributed by atoms with E-state index >= 15 is 0 Å². The van der Waals surface area contributed by atoms with Crippen LogP contribution in [0.15, 0.2) is 58.8 Å². The molecule has 3 rings (SSSR count). The maximum Gasteiger partial charge on any atom is 0.324 e. The Hall–Kier alpha value is -2.98. The zero-order valence-corrected chi connectivity index (χ0v) is 16.1. The number of carbonyl (C=O) groups excluding carboxylic acids is 1. The van der Waals surface area contributed by atoms with Crippen LogP contribution in [0, 0.1) is 0 Å². The van der Waals surface area contributed by atoms with Crippen LogP contribution in [0.25, 0.3) is 0 Å². The fraction of sp³-hybridized carbons (Fsp3) is 0.278. The molecule has 0 amide bonds. The Labute approximate surface area is 162 Å². The lowest BCUT2D eigenvalue weighted by Crippen LogP contribution is -2.41. The molecule has 1 aliphatic rings. The van der Waals surface area contributed by atoms with E-state index in [2.05, 4.69) is 10.1 Å². The highest BCUT2D eigenvalue weighted by Gasteiger charge is 2.43. The molecule has 0 radical (unpaired) electrons. The van der Waals surface area contributed by atoms with Crippen LogP contribution in [0.1, 0.15) is 6.42 Å². The minimum Gasteiger partial charge on any atom is -0.468 e. The van der Waals surface area contributed by atoms with Crippen LogP contribution in [-0.4, -0.2) is 56.2 Å². The van der Waals surface area contributed by atoms with Crippen molar-refractivity contribution in [2.75, 3.05) is 20.8 Å². The number of oxime groups is 1. The van der Waals surface area contributed by atoms with Gasteiger partial charge in [-0.2, -0.15) is 4.31 Å². The highest BCUT2D eigenvalue weighted by atomic mass is 32.2. The summed E-state index contributed by atoms with van der Waals surface area (Å²) in [6, 6.07) is 8.31. The number of sulfonamides is 1. The third-order valence-electron chi connectivity index (χ3n) is 4.12. The van der Waals surface area contributed by atoms with Crippen molar-refractivity contribution >= 4 is 21.7 Å². The molecule has 0 N–H and O–H groups in total. The highest BCUT2D eigenvalue weighted by molar-refractivity contribution is 7.89. The van der Waals surface area contributed by atoms with Crippen LogP contribution in [0.5, 0.6) is 11.5 Å². The van der Waals surface area contributed by atoms with Gasteiger partial charge in [-0.15, -0.1) is 0 Å². The van der Waals surface area contributed by atoms with Gasteiger partial charge in [0.05, 0.1) is 24.3 Å². The van der Waals surface area contributed by atoms with Gasteiger partial charge < -0.3 is 14.3 Å². The van der Waals surface area contributed by atoms with Crippen LogP contribution < -0.4 is 4.74 Å². The number of nitrogens with zero attached hydrogens (tertiary/aromatic N) is 3. The van der Waals surface area contributed by atoms with Crippen molar-refractivity contribution in [2.45, 2.75) is 17.4 Å². The van der Waals surface area contributed by atoms with Crippen LogP contribution >= 0.6 is 0 Å². The molecule has 0 saturated carbocycles. The molecule has 9 nitrogen and oxygen atoms in total. The van der Waals surface area contributed by atoms with E-state index in [1.807, 2.05) is 0 Å². The molecule has 0 unspecified atom stereocenters. The fourth-order valence-electron chi connectivity index (χ4n) is 2.82. The zero-order chi connectivity index (χ0) is 20.1. The van der Waals surface area contributed by atoms with Gasteiger partial charge >= 0.3 is 5.97 Å². The molecule has 0 aliphatic carbocycles. The Morgan fingerprint density at radius 3 is 2.36 bits per heavy atom. The Morgan fingerprint density at radius 1 is 1.11 bits per heavy atom. The van der Waals surface area contributed by atoms with Gasteiger partial charge in [0.2, 0.25) is 10.0 Å². The van der Waals surface area contributed by atoms with E-state index in [1.165, 1.54) is 26.4 Å². The molecule has 0 spiro atoms. The van der Waals surface area contributed by atoms with E-state index in [0.29, 0.717) is 17.2 Å². The molecule has 10 heteroatoms. The van der Waals surface area contributed by atoms with Crippen LogP contribution in [0.3, 0.4) is 0 Å². The van der Waals surface area contributed by atoms with Gasteiger partial charge in [-0.3, -0.25) is 9.78 Å². The normalized spacial score (nSPS) is 18.8. The molecule has 148 valence electrons. The van der Waals surface area contributed by atoms with Crippen molar-refractivity contribution in [3.8, 4) is 11.5 Å². The smallest absolute Gasteiger partial charge is 0.324 e. The van der Waals surface area contributed by atoms with E-state index in [9.17, 15) is 13.2 Å². The fourth-order valence-corrected chi connectivity index (χ4v) is 4.39. The molecule has 0 bridgehead atoms. The molecule has 1 saturated heterocycles. The molecular formula is C18H19N3O6S. The lowest BCUT2D eigenvalue weighted by molar-refractivity contribution is -0.144. The van der Waals surface area contributed by atoms with Crippen molar-refractivity contribution in [3.05, 3.63) is 48.8 Å². The lowest BCUT2D eigenvalue weighted by Gasteiger charge is -2.21. The maximum absolute atomic E-state index is 13.1. The first-order valence-corrected chi connectivity index (χ1v) is 9.76. The standard InChI is InChI=1S/C18H19N3O6S/c1-25-18(22)17-11-13(20-26-2)12-21(17)28(23,24)16-5-3-14(4-6-16)27-15-7-9-19-10-8-15/h3-10,17H,11-12H2,1-2H3/b20-13-/t17-/m1/s1. The minimum absolute atomic E-state index is 0.0298. The van der Waals surface area contributed by atoms with Gasteiger partial charge in [-0.25, -0.2) is 8.42 Å². The van der Waals surface area contributed by atoms with Gasteiger partial charge in [-0.1, -0.05) is 5.16 Å². The summed E-state index contributed by atoms with van der Waals surface area (Å²) >= 11 is 0. The van der Waals surface area contributed by atoms with E-state index in [4.69, 9.17) is 14.3 Å². The van der Waals surface area contributed by atoms with Crippen LogP contribution in [0.2, 0.25) is 0 Å². The SMILES string of the molecule is CO/N=C1/C[C@H](C(=O)OC)N(S(=O)(=O)c2ccc(Oc3ccncc3)cc2)C1. The summed E-state index contributed by atoms with van der Waals surface area (Å²) in [7, 11) is -1.38. The summed E-state index contributed by atoms with van der Waals surface area (Å²) in [5.74, 6) is 0.400. The van der Waals surface area contributed by atoms with Crippen molar-refractivity contribution in [1.82, 2.24) is 9.29 Å². The van der Waals surface area contributed by atoms with Crippen molar-refractivity contribution < 1.29 is 27.5 Å². The van der Waals surface area contributed by atoms with Gasteiger partial charge in [0.1, 0.15) is 24.7 Å². The quantitative estimate of drug-likeness (QED) is 0.533. The van der Waals surface area contributed by atoms with E-state index in [-0.39, 0.29) is 17.9 Å². The first kappa shape index (κ1) is 19.8. The maximum atomic E-state index is 13.1. The van der Waals surface area contributed by atoms with E-state index in [1.54, 1.807) is 36.7 Å². The topological polar surface area (TPSA) is 107 Å². The second kappa shape index (κ2) is 8.36. The van der Waals surface area contributed by atoms with Crippen molar-refractivity contribution in [1.29, 1.82) is 0 Å². The zero-order valence-electron chi connectivity index (χ0n) is 15.3. The number of esters is 1. The number of ether oxygens (including phenoxy) is 2. The number of methoxy groups -OCH3 is 1. The monoisotopic (exact) mass is 405 g/mol. The highest BCUT2D eigenvalue weighted by Crippen LogP contribution is 2.28. The molecule has 28 heavy (non-hydrogen) atoms. The van der Waals surface area contributed by atoms with Gasteiger partial charge in [0.25, 0.3) is 0 Å². The number of carbonyl (C=O) groups is 1. The lowest BCUT2D eigenvalue weighted by atomic mass is 10.2. The molecule has 2 aromatic rings. The molecule has 1 aromatic heterocycles. The second-order valence-electron chi connectivity index (χ2n) is 5.89. The number of pyridine rings is 1. The third-order valence-corrected chi connectivity index (χ3v) is 5.99. The summed E-state index contributed by atoms with van der Waals surface area (Å²) in [5, 5.41) is 3.79. The van der Waals surface area contributed by atoms with Gasteiger partial charge in [-0.05, 0) is 36.4 Å². The Morgan fingerprint density at radius 2 is 1.75 bits per heavy atom. The molecule has 1 fully saturated rings. The predicted octanol–water partition coefficient (Wildman–Crippen LogP) is 1.81. The summed E-state index contributed by atoms with van der Waals surface area (Å²) in [5.41, 5.74) is 0.444. The average molecular weight is 405 g/mol. The largest absolute Gasteiger partial charge is 0.468 e. The number of rotatable bonds is 6. The molecule has 1 aromatic carbocycles. The summed E-state index contributed by atoms with van der Waals surface area (Å²) in [4.78, 5) is 20.7. The summed E-state index contributed by atoms with van der Waals surface area (Å²) in [6.07, 6.45) is 3.30. The average Bonchev–Trinajstić information content (AvgIpc) is 3.14. The van der Waals surface area contributed by atoms with Crippen molar-refractivity contribution in [2.24, 2.45) is 5.16 Å². The third kappa shape index (κ3) is 4.12. The minimum atomic E-state index is -3.95. The number of benzene rings is 1. The van der Waals surface area contributed by atoms with E-state index < -0.39 is 22.0 Å². The predicted molar refractivity (Wildman–Crippen MR) is 99.5 cm³/mol. The molecule has 2 heterocycles. The number of hydrogen-bond donors (Lipinski definition) is 0. The first-order valence-electron chi connectivity index (χ1n) is 8.32. The van der Waals surface area contributed by atoms with E-state index in [0.717, 1.165) is 4.31 Å². The number of hydrogen-bond acceptors (Lipinski definition) is 8. The molecule has 1 aliphatic heterocycles. The van der Waals surface area contributed by atoms with Crippen LogP contribution in [0.4, 0.5) is 0 Å². The Bertz CT molecular complexity index is 961. The van der Waals surface area contributed by atoms with Crippen molar-refractivity contribution in [3.63, 3.8) is 0 Å².